The number of carboxylic acid groups (broad SMARTS) is 1. The molecule has 6 heterocycles. The Balaban J connectivity index is 0.903. The molecule has 1 spiro atoms. The lowest BCUT2D eigenvalue weighted by atomic mass is 9.30. The molecule has 11 fully saturated rings. The van der Waals surface area contributed by atoms with Crippen LogP contribution in [-0.2, 0) is 66.4 Å². The van der Waals surface area contributed by atoms with Crippen molar-refractivity contribution < 1.29 is 148 Å². The van der Waals surface area contributed by atoms with E-state index in [0.717, 1.165) is 6.42 Å². The summed E-state index contributed by atoms with van der Waals surface area (Å²) in [5.41, 5.74) is -5.10. The molecule has 0 aromatic heterocycles. The first kappa shape index (κ1) is 73.8. The van der Waals surface area contributed by atoms with E-state index >= 15 is 0 Å². The molecule has 2 bridgehead atoms. The van der Waals surface area contributed by atoms with Crippen molar-refractivity contribution in [3.63, 3.8) is 0 Å². The molecule has 5 aliphatic carbocycles. The van der Waals surface area contributed by atoms with Crippen LogP contribution in [0.25, 0.3) is 0 Å². The molecule has 5 saturated carbocycles. The number of aliphatic carboxylic acids is 1. The topological polar surface area (TPSA) is 469 Å². The molecule has 36 unspecified atom stereocenters. The molecule has 544 valence electrons. The Morgan fingerprint density at radius 1 is 0.547 bits per heavy atom. The average Bonchev–Trinajstić information content (AvgIpc) is 1.54. The summed E-state index contributed by atoms with van der Waals surface area (Å²) in [6.07, 6.45) is -41.4. The van der Waals surface area contributed by atoms with E-state index in [9.17, 15) is 91.3 Å². The summed E-state index contributed by atoms with van der Waals surface area (Å²) in [5.74, 6) is -2.83. The Morgan fingerprint density at radius 2 is 1.13 bits per heavy atom. The summed E-state index contributed by atoms with van der Waals surface area (Å²) >= 11 is 0. The van der Waals surface area contributed by atoms with E-state index in [1.807, 2.05) is 20.8 Å². The minimum absolute atomic E-state index is 0.00846. The minimum Gasteiger partial charge on any atom is -0.479 e. The molecule has 11 aliphatic rings. The Hall–Kier alpha value is -2.36. The highest BCUT2D eigenvalue weighted by atomic mass is 16.8. The van der Waals surface area contributed by atoms with E-state index in [1.165, 1.54) is 13.0 Å². The standard InChI is InChI=1S/C65H104O30/c1-10-11-12-13-36(70)88-35-22-59(3,4)20-32-64-19-15-31-61(7)17-16-34(60(5,6)30(61)14-18-62(31,8)63(64,9)21-33(69)65(32,35)58(83)95-64)89-57-51(94-54-45(79)41(75)39(73)28(23-66)86-54)47(46(80)48(91-57)52(81)82)90-56-50(43(77)40(74)29(24-67)87-56)93-55-49(42(76)37(71)26(2)85-55)92-53-44(78)38(72)27(68)25-84-53/h12-13,26-35,37-51,53-58,66-69,71-80,83H,10-11,14-25H2,1-9H3,(H,81,82). The average molecular weight is 1370 g/mol. The lowest BCUT2D eigenvalue weighted by Crippen LogP contribution is -2.75. The maximum Gasteiger partial charge on any atom is 0.335 e. The number of carbonyl (C=O) groups excluding carboxylic acids is 1. The van der Waals surface area contributed by atoms with Crippen LogP contribution in [0.3, 0.4) is 0 Å². The smallest absolute Gasteiger partial charge is 0.335 e. The summed E-state index contributed by atoms with van der Waals surface area (Å²) in [6, 6.07) is 0. The number of rotatable bonds is 17. The largest absolute Gasteiger partial charge is 0.479 e. The number of carboxylic acids is 1. The normalized spacial score (nSPS) is 54.2. The number of fused-ring (bicyclic) bond motifs is 4. The minimum atomic E-state index is -2.34. The number of allylic oxidation sites excluding steroid dienone is 1. The number of unbranched alkanes of at least 4 members (excludes halogenated alkanes) is 1. The van der Waals surface area contributed by atoms with Crippen LogP contribution in [0.1, 0.15) is 133 Å². The predicted molar refractivity (Wildman–Crippen MR) is 318 cm³/mol. The molecule has 6 aliphatic heterocycles. The zero-order valence-electron chi connectivity index (χ0n) is 55.3. The van der Waals surface area contributed by atoms with Gasteiger partial charge in [0.1, 0.15) is 110 Å². The number of aliphatic hydroxyl groups is 15. The second-order valence-corrected chi connectivity index (χ2v) is 31.2. The molecule has 16 N–H and O–H groups in total. The van der Waals surface area contributed by atoms with Crippen molar-refractivity contribution in [3.8, 4) is 0 Å². The van der Waals surface area contributed by atoms with Crippen LogP contribution < -0.4 is 0 Å². The van der Waals surface area contributed by atoms with E-state index in [-0.39, 0.29) is 29.6 Å². The van der Waals surface area contributed by atoms with E-state index in [2.05, 4.69) is 34.6 Å². The summed E-state index contributed by atoms with van der Waals surface area (Å²) < 4.78 is 74.9. The van der Waals surface area contributed by atoms with Crippen LogP contribution in [0.15, 0.2) is 12.2 Å². The molecule has 0 aromatic rings. The number of hydrogen-bond acceptors (Lipinski definition) is 29. The molecule has 30 nitrogen and oxygen atoms in total. The number of ether oxygens (including phenoxy) is 12. The predicted octanol–water partition coefficient (Wildman–Crippen LogP) is -2.57. The van der Waals surface area contributed by atoms with Gasteiger partial charge in [0.05, 0.1) is 49.1 Å². The SMILES string of the molecule is CCCC=CC(=O)OC1CC(C)(C)CC2C13C(O)CC1(C)C4(C)CCC5C(C)(C)C(OC6OC(C(=O)O)C(O)C(OC7OC(CO)C(O)C(O)C7OC7OC(C)C(O)C(O)C7OC7OCC(O)C(O)C7O)C6OC6OC(CO)C(O)C(O)C6O)CCC5(C)C4CCC21OC3O. The van der Waals surface area contributed by atoms with Crippen LogP contribution in [0.4, 0.5) is 0 Å². The van der Waals surface area contributed by atoms with Gasteiger partial charge in [0, 0.05) is 17.4 Å². The molecule has 6 saturated heterocycles. The summed E-state index contributed by atoms with van der Waals surface area (Å²) in [7, 11) is 0. The van der Waals surface area contributed by atoms with Crippen molar-refractivity contribution in [1.29, 1.82) is 0 Å². The van der Waals surface area contributed by atoms with Crippen molar-refractivity contribution in [1.82, 2.24) is 0 Å². The van der Waals surface area contributed by atoms with Crippen LogP contribution in [0.2, 0.25) is 0 Å². The number of aliphatic hydroxyl groups excluding tert-OH is 15. The number of hydrogen-bond donors (Lipinski definition) is 16. The molecular formula is C65H104O30. The lowest BCUT2D eigenvalue weighted by Gasteiger charge is -2.75. The van der Waals surface area contributed by atoms with Gasteiger partial charge < -0.3 is 139 Å². The molecule has 0 aromatic carbocycles. The highest BCUT2D eigenvalue weighted by molar-refractivity contribution is 5.82. The van der Waals surface area contributed by atoms with E-state index < -0.39 is 236 Å². The van der Waals surface area contributed by atoms with E-state index in [1.54, 1.807) is 6.08 Å². The molecule has 0 radical (unpaired) electrons. The first-order chi connectivity index (χ1) is 44.5. The monoisotopic (exact) mass is 1360 g/mol. The van der Waals surface area contributed by atoms with Gasteiger partial charge in [-0.15, -0.1) is 0 Å². The van der Waals surface area contributed by atoms with Crippen molar-refractivity contribution in [3.05, 3.63) is 12.2 Å². The fourth-order valence-electron chi connectivity index (χ4n) is 20.1. The van der Waals surface area contributed by atoms with Crippen molar-refractivity contribution in [2.75, 3.05) is 19.8 Å². The second-order valence-electron chi connectivity index (χ2n) is 31.2. The summed E-state index contributed by atoms with van der Waals surface area (Å²) in [6.45, 7) is 15.9. The summed E-state index contributed by atoms with van der Waals surface area (Å²) in [5, 5.41) is 180. The zero-order chi connectivity index (χ0) is 69.4. The number of esters is 1. The van der Waals surface area contributed by atoms with Gasteiger partial charge >= 0.3 is 11.9 Å². The van der Waals surface area contributed by atoms with Gasteiger partial charge in [0.2, 0.25) is 0 Å². The van der Waals surface area contributed by atoms with E-state index in [0.29, 0.717) is 57.8 Å². The van der Waals surface area contributed by atoms with Gasteiger partial charge in [0.25, 0.3) is 0 Å². The highest BCUT2D eigenvalue weighted by Gasteiger charge is 2.84. The van der Waals surface area contributed by atoms with Crippen LogP contribution in [-0.4, -0.2) is 291 Å². The molecule has 11 rings (SSSR count). The molecule has 30 heteroatoms. The quantitative estimate of drug-likeness (QED) is 0.0404. The fourth-order valence-corrected chi connectivity index (χ4v) is 20.1. The lowest BCUT2D eigenvalue weighted by molar-refractivity contribution is -0.411. The molecule has 36 atom stereocenters. The number of carbonyl (C=O) groups is 2. The van der Waals surface area contributed by atoms with Crippen molar-refractivity contribution in [2.45, 2.75) is 311 Å². The Kier molecular flexibility index (Phi) is 21.1. The van der Waals surface area contributed by atoms with E-state index in [4.69, 9.17) is 56.8 Å². The summed E-state index contributed by atoms with van der Waals surface area (Å²) in [4.78, 5) is 26.9. The van der Waals surface area contributed by atoms with Gasteiger partial charge in [-0.25, -0.2) is 9.59 Å². The van der Waals surface area contributed by atoms with Crippen LogP contribution in [0, 0.1) is 50.2 Å². The van der Waals surface area contributed by atoms with Gasteiger partial charge in [-0.1, -0.05) is 67.9 Å². The van der Waals surface area contributed by atoms with Crippen LogP contribution >= 0.6 is 0 Å². The van der Waals surface area contributed by atoms with Crippen molar-refractivity contribution in [2.24, 2.45) is 50.2 Å². The van der Waals surface area contributed by atoms with Gasteiger partial charge in [0.15, 0.2) is 43.8 Å². The third-order valence-electron chi connectivity index (χ3n) is 25.2. The Bertz CT molecular complexity index is 2720. The third kappa shape index (κ3) is 12.0. The fraction of sp³-hybridized carbons (Fsp3) is 0.938. The van der Waals surface area contributed by atoms with Crippen molar-refractivity contribution >= 4 is 11.9 Å². The highest BCUT2D eigenvalue weighted by Crippen LogP contribution is 2.81. The molecule has 0 amide bonds. The van der Waals surface area contributed by atoms with Crippen LogP contribution in [0.5, 0.6) is 0 Å². The maximum atomic E-state index is 13.5. The van der Waals surface area contributed by atoms with Gasteiger partial charge in [-0.3, -0.25) is 0 Å². The Labute approximate surface area is 551 Å². The first-order valence-electron chi connectivity index (χ1n) is 33.9. The second kappa shape index (κ2) is 27.1. The maximum absolute atomic E-state index is 13.5. The zero-order valence-corrected chi connectivity index (χ0v) is 55.3. The molecule has 95 heavy (non-hydrogen) atoms. The first-order valence-corrected chi connectivity index (χ1v) is 33.9. The Morgan fingerprint density at radius 3 is 1.78 bits per heavy atom. The molecular weight excluding hydrogens is 1260 g/mol. The van der Waals surface area contributed by atoms with Gasteiger partial charge in [-0.2, -0.15) is 0 Å². The van der Waals surface area contributed by atoms with Gasteiger partial charge in [-0.05, 0) is 105 Å². The third-order valence-corrected chi connectivity index (χ3v) is 25.2.